The number of hydrogen-bond donors (Lipinski definition) is 1. The predicted molar refractivity (Wildman–Crippen MR) is 107 cm³/mol. The van der Waals surface area contributed by atoms with Gasteiger partial charge in [-0.25, -0.2) is 9.88 Å². The fourth-order valence-electron chi connectivity index (χ4n) is 3.14. The minimum Gasteiger partial charge on any atom is -0.395 e. The highest BCUT2D eigenvalue weighted by Gasteiger charge is 2.32. The fraction of sp³-hybridized carbons (Fsp3) is 0.200. The molecule has 28 heavy (non-hydrogen) atoms. The largest absolute Gasteiger partial charge is 0.395 e. The highest BCUT2D eigenvalue weighted by Crippen LogP contribution is 2.32. The van der Waals surface area contributed by atoms with Gasteiger partial charge in [-0.2, -0.15) is 0 Å². The molecule has 3 aromatic rings. The van der Waals surface area contributed by atoms with Crippen LogP contribution in [-0.4, -0.2) is 41.0 Å². The molecule has 1 saturated heterocycles. The molecule has 7 nitrogen and oxygen atoms in total. The first-order valence-corrected chi connectivity index (χ1v) is 9.64. The van der Waals surface area contributed by atoms with Crippen molar-refractivity contribution in [1.29, 1.82) is 0 Å². The number of aliphatic hydroxyl groups is 1. The van der Waals surface area contributed by atoms with E-state index in [0.29, 0.717) is 26.6 Å². The van der Waals surface area contributed by atoms with Crippen molar-refractivity contribution >= 4 is 50.1 Å². The van der Waals surface area contributed by atoms with Crippen molar-refractivity contribution in [1.82, 2.24) is 4.98 Å². The summed E-state index contributed by atoms with van der Waals surface area (Å²) in [5.41, 5.74) is 1.76. The first kappa shape index (κ1) is 18.3. The quantitative estimate of drug-likeness (QED) is 0.671. The Morgan fingerprint density at radius 2 is 1.82 bits per heavy atom. The average Bonchev–Trinajstić information content (AvgIpc) is 3.27. The maximum absolute atomic E-state index is 13.0. The first-order valence-electron chi connectivity index (χ1n) is 8.82. The third-order valence-corrected chi connectivity index (χ3v) is 5.51. The number of hydrogen-bond acceptors (Lipinski definition) is 6. The maximum atomic E-state index is 13.0. The number of fused-ring (bicyclic) bond motifs is 1. The number of carbonyl (C=O) groups excluding carboxylic acids is 3. The van der Waals surface area contributed by atoms with E-state index in [1.54, 1.807) is 18.2 Å². The van der Waals surface area contributed by atoms with Gasteiger partial charge in [-0.15, -0.1) is 0 Å². The van der Waals surface area contributed by atoms with Crippen molar-refractivity contribution < 1.29 is 19.5 Å². The molecule has 1 aliphatic rings. The number of para-hydroxylation sites is 1. The molecule has 0 atom stereocenters. The number of aliphatic hydroxyl groups excluding tert-OH is 1. The van der Waals surface area contributed by atoms with Crippen LogP contribution >= 0.6 is 11.3 Å². The lowest BCUT2D eigenvalue weighted by Crippen LogP contribution is -2.33. The van der Waals surface area contributed by atoms with E-state index >= 15 is 0 Å². The Hall–Kier alpha value is -3.10. The molecule has 0 saturated carbocycles. The Morgan fingerprint density at radius 1 is 1.11 bits per heavy atom. The van der Waals surface area contributed by atoms with E-state index in [-0.39, 0.29) is 43.7 Å². The van der Waals surface area contributed by atoms with Crippen LogP contribution in [0.2, 0.25) is 0 Å². The van der Waals surface area contributed by atoms with Crippen LogP contribution in [0, 0.1) is 0 Å². The third kappa shape index (κ3) is 3.28. The molecular weight excluding hydrogens is 378 g/mol. The Labute approximate surface area is 164 Å². The minimum absolute atomic E-state index is 0.160. The van der Waals surface area contributed by atoms with E-state index in [2.05, 4.69) is 4.98 Å². The molecule has 1 aliphatic heterocycles. The van der Waals surface area contributed by atoms with E-state index < -0.39 is 0 Å². The number of rotatable bonds is 5. The van der Waals surface area contributed by atoms with Crippen LogP contribution in [0.1, 0.15) is 23.2 Å². The lowest BCUT2D eigenvalue weighted by atomic mass is 10.1. The number of amides is 3. The average molecular weight is 395 g/mol. The smallest absolute Gasteiger partial charge is 0.258 e. The zero-order valence-corrected chi connectivity index (χ0v) is 15.7. The Bertz CT molecular complexity index is 1050. The summed E-state index contributed by atoms with van der Waals surface area (Å²) in [6, 6.07) is 14.2. The summed E-state index contributed by atoms with van der Waals surface area (Å²) in [6.07, 6.45) is 0.400. The van der Waals surface area contributed by atoms with Gasteiger partial charge in [0, 0.05) is 30.6 Å². The van der Waals surface area contributed by atoms with Crippen molar-refractivity contribution in [3.63, 3.8) is 0 Å². The van der Waals surface area contributed by atoms with Crippen molar-refractivity contribution in [3.05, 3.63) is 54.1 Å². The Kier molecular flexibility index (Phi) is 4.89. The van der Waals surface area contributed by atoms with Crippen molar-refractivity contribution in [3.8, 4) is 0 Å². The van der Waals surface area contributed by atoms with Gasteiger partial charge < -0.3 is 10.0 Å². The van der Waals surface area contributed by atoms with Crippen LogP contribution in [0.15, 0.2) is 48.5 Å². The predicted octanol–water partition coefficient (Wildman–Crippen LogP) is 2.59. The van der Waals surface area contributed by atoms with E-state index in [0.717, 1.165) is 4.90 Å². The van der Waals surface area contributed by atoms with Gasteiger partial charge in [-0.05, 0) is 30.3 Å². The molecule has 1 fully saturated rings. The highest BCUT2D eigenvalue weighted by molar-refractivity contribution is 7.22. The summed E-state index contributed by atoms with van der Waals surface area (Å²) in [6.45, 7) is 0.0123. The minimum atomic E-state index is -0.251. The molecule has 0 aliphatic carbocycles. The molecule has 2 aromatic carbocycles. The molecule has 0 bridgehead atoms. The SMILES string of the molecule is O=C(c1ccc2nc(N3C(=O)CCC3=O)sc2c1)N(CCO)c1ccccc1. The zero-order chi connectivity index (χ0) is 19.7. The second-order valence-corrected chi connectivity index (χ2v) is 7.33. The maximum Gasteiger partial charge on any atom is 0.258 e. The first-order chi connectivity index (χ1) is 13.6. The number of aromatic nitrogens is 1. The lowest BCUT2D eigenvalue weighted by Gasteiger charge is -2.22. The molecule has 0 radical (unpaired) electrons. The van der Waals surface area contributed by atoms with Crippen molar-refractivity contribution in [2.75, 3.05) is 23.0 Å². The van der Waals surface area contributed by atoms with Crippen LogP contribution in [0.25, 0.3) is 10.2 Å². The Balaban J connectivity index is 1.68. The summed E-state index contributed by atoms with van der Waals surface area (Å²) in [5, 5.41) is 9.70. The lowest BCUT2D eigenvalue weighted by molar-refractivity contribution is -0.121. The molecule has 0 spiro atoms. The summed E-state index contributed by atoms with van der Waals surface area (Å²) in [5.74, 6) is -0.748. The van der Waals surface area contributed by atoms with E-state index in [4.69, 9.17) is 0 Å². The van der Waals surface area contributed by atoms with Crippen LogP contribution < -0.4 is 9.80 Å². The van der Waals surface area contributed by atoms with Gasteiger partial charge in [-0.3, -0.25) is 14.4 Å². The number of imide groups is 1. The van der Waals surface area contributed by atoms with Crippen molar-refractivity contribution in [2.24, 2.45) is 0 Å². The topological polar surface area (TPSA) is 90.8 Å². The van der Waals surface area contributed by atoms with Crippen LogP contribution in [0.3, 0.4) is 0 Å². The number of carbonyl (C=O) groups is 3. The normalized spacial score (nSPS) is 14.1. The van der Waals surface area contributed by atoms with E-state index in [9.17, 15) is 19.5 Å². The summed E-state index contributed by atoms with van der Waals surface area (Å²) in [4.78, 5) is 43.9. The summed E-state index contributed by atoms with van der Waals surface area (Å²) >= 11 is 1.21. The van der Waals surface area contributed by atoms with Gasteiger partial charge in [0.05, 0.1) is 16.8 Å². The number of anilines is 2. The molecule has 4 rings (SSSR count). The second kappa shape index (κ2) is 7.49. The van der Waals surface area contributed by atoms with Gasteiger partial charge in [-0.1, -0.05) is 29.5 Å². The monoisotopic (exact) mass is 395 g/mol. The van der Waals surface area contributed by atoms with Crippen LogP contribution in [0.4, 0.5) is 10.8 Å². The van der Waals surface area contributed by atoms with Crippen LogP contribution in [0.5, 0.6) is 0 Å². The molecule has 1 aromatic heterocycles. The van der Waals surface area contributed by atoms with Crippen LogP contribution in [-0.2, 0) is 9.59 Å². The van der Waals surface area contributed by atoms with Gasteiger partial charge in [0.1, 0.15) is 0 Å². The summed E-state index contributed by atoms with van der Waals surface area (Å²) < 4.78 is 0.713. The fourth-order valence-corrected chi connectivity index (χ4v) is 4.18. The standard InChI is InChI=1S/C20H17N3O4S/c24-11-10-22(14-4-2-1-3-5-14)19(27)13-6-7-15-16(12-13)28-20(21-15)23-17(25)8-9-18(23)26/h1-7,12,24H,8-11H2. The Morgan fingerprint density at radius 3 is 2.50 bits per heavy atom. The van der Waals surface area contributed by atoms with Crippen molar-refractivity contribution in [2.45, 2.75) is 12.8 Å². The molecule has 0 unspecified atom stereocenters. The van der Waals surface area contributed by atoms with Gasteiger partial charge in [0.2, 0.25) is 11.8 Å². The molecule has 2 heterocycles. The van der Waals surface area contributed by atoms with E-state index in [1.807, 2.05) is 30.3 Å². The molecule has 8 heteroatoms. The zero-order valence-electron chi connectivity index (χ0n) is 14.9. The molecule has 3 amide bonds. The number of benzene rings is 2. The molecule has 142 valence electrons. The van der Waals surface area contributed by atoms with E-state index in [1.165, 1.54) is 16.2 Å². The molecular formula is C20H17N3O4S. The summed E-state index contributed by atoms with van der Waals surface area (Å²) in [7, 11) is 0. The van der Waals surface area contributed by atoms with Gasteiger partial charge in [0.25, 0.3) is 5.91 Å². The highest BCUT2D eigenvalue weighted by atomic mass is 32.1. The third-order valence-electron chi connectivity index (χ3n) is 4.50. The number of thiazole rings is 1. The molecule has 1 N–H and O–H groups in total. The van der Waals surface area contributed by atoms with Gasteiger partial charge in [0.15, 0.2) is 5.13 Å². The number of nitrogens with zero attached hydrogens (tertiary/aromatic N) is 3. The van der Waals surface area contributed by atoms with Gasteiger partial charge >= 0.3 is 0 Å². The second-order valence-electron chi connectivity index (χ2n) is 6.32.